The molecule has 0 spiro atoms. The zero-order valence-corrected chi connectivity index (χ0v) is 23.3. The SMILES string of the molecule is CC(C)c1ccc(C(C)C)c(-c2ccc(NS(=O)(=O)C(F)(F)F)cc2)c1-c1ccc(NS(=O)(=O)C(F)(F)F)cc1. The molecule has 0 aliphatic heterocycles. The Balaban J connectivity index is 2.17. The smallest absolute Gasteiger partial charge is 0.276 e. The van der Waals surface area contributed by atoms with Crippen molar-refractivity contribution in [2.24, 2.45) is 0 Å². The van der Waals surface area contributed by atoms with Crippen molar-refractivity contribution < 1.29 is 43.2 Å². The van der Waals surface area contributed by atoms with E-state index in [9.17, 15) is 43.2 Å². The first kappa shape index (κ1) is 31.3. The first-order valence-corrected chi connectivity index (χ1v) is 14.8. The van der Waals surface area contributed by atoms with Crippen LogP contribution in [0.1, 0.15) is 50.7 Å². The van der Waals surface area contributed by atoms with E-state index in [1.54, 1.807) is 0 Å². The van der Waals surface area contributed by atoms with Crippen molar-refractivity contribution in [1.82, 2.24) is 0 Å². The summed E-state index contributed by atoms with van der Waals surface area (Å²) in [6, 6.07) is 14.5. The van der Waals surface area contributed by atoms with E-state index in [0.29, 0.717) is 22.3 Å². The average molecular weight is 609 g/mol. The van der Waals surface area contributed by atoms with Crippen LogP contribution in [0.25, 0.3) is 22.3 Å². The van der Waals surface area contributed by atoms with E-state index in [1.807, 2.05) is 39.8 Å². The second-order valence-corrected chi connectivity index (χ2v) is 12.9. The van der Waals surface area contributed by atoms with Crippen molar-refractivity contribution in [3.8, 4) is 22.3 Å². The summed E-state index contributed by atoms with van der Waals surface area (Å²) in [5.74, 6) is -0.0625. The largest absolute Gasteiger partial charge is 0.516 e. The van der Waals surface area contributed by atoms with Gasteiger partial charge < -0.3 is 0 Å². The van der Waals surface area contributed by atoms with Crippen LogP contribution in [0, 0.1) is 0 Å². The molecule has 0 atom stereocenters. The third-order valence-electron chi connectivity index (χ3n) is 5.97. The van der Waals surface area contributed by atoms with Crippen molar-refractivity contribution in [3.05, 3.63) is 71.8 Å². The van der Waals surface area contributed by atoms with Crippen LogP contribution in [0.2, 0.25) is 0 Å². The normalized spacial score (nSPS) is 13.1. The fourth-order valence-corrected chi connectivity index (χ4v) is 5.18. The van der Waals surface area contributed by atoms with Crippen molar-refractivity contribution >= 4 is 31.4 Å². The first-order chi connectivity index (χ1) is 18.2. The molecular weight excluding hydrogens is 582 g/mol. The standard InChI is InChI=1S/C26H26F6N2O4S2/c1-15(2)21-13-14-22(16(3)4)24(18-7-11-20(12-8-18)34-40(37,38)26(30,31)32)23(21)17-5-9-19(10-6-17)33-39(35,36)25(27,28)29/h5-16,33-34H,1-4H3. The summed E-state index contributed by atoms with van der Waals surface area (Å²) in [6.07, 6.45) is 0. The van der Waals surface area contributed by atoms with E-state index in [2.05, 4.69) is 0 Å². The molecule has 6 nitrogen and oxygen atoms in total. The van der Waals surface area contributed by atoms with Crippen molar-refractivity contribution in [3.63, 3.8) is 0 Å². The van der Waals surface area contributed by atoms with Crippen LogP contribution in [0.15, 0.2) is 60.7 Å². The van der Waals surface area contributed by atoms with Gasteiger partial charge in [0.2, 0.25) is 0 Å². The predicted molar refractivity (Wildman–Crippen MR) is 143 cm³/mol. The lowest BCUT2D eigenvalue weighted by Crippen LogP contribution is -2.29. The summed E-state index contributed by atoms with van der Waals surface area (Å²) in [5, 5.41) is 0. The third-order valence-corrected chi connectivity index (χ3v) is 8.20. The highest BCUT2D eigenvalue weighted by Gasteiger charge is 2.46. The Hall–Kier alpha value is -3.26. The Labute approximate surface area is 228 Å². The van der Waals surface area contributed by atoms with Crippen LogP contribution in [-0.4, -0.2) is 27.9 Å². The zero-order chi connectivity index (χ0) is 30.3. The van der Waals surface area contributed by atoms with Gasteiger partial charge in [-0.1, -0.05) is 64.1 Å². The highest BCUT2D eigenvalue weighted by molar-refractivity contribution is 7.93. The van der Waals surface area contributed by atoms with Gasteiger partial charge in [0.05, 0.1) is 0 Å². The highest BCUT2D eigenvalue weighted by Crippen LogP contribution is 2.43. The molecule has 40 heavy (non-hydrogen) atoms. The molecule has 3 rings (SSSR count). The van der Waals surface area contributed by atoms with Gasteiger partial charge in [0.25, 0.3) is 0 Å². The van der Waals surface area contributed by atoms with Crippen LogP contribution in [0.3, 0.4) is 0 Å². The first-order valence-electron chi connectivity index (χ1n) is 11.8. The van der Waals surface area contributed by atoms with Crippen molar-refractivity contribution in [2.45, 2.75) is 50.5 Å². The molecule has 0 bridgehead atoms. The molecule has 218 valence electrons. The lowest BCUT2D eigenvalue weighted by Gasteiger charge is -2.24. The number of hydrogen-bond acceptors (Lipinski definition) is 4. The van der Waals surface area contributed by atoms with Crippen molar-refractivity contribution in [1.29, 1.82) is 0 Å². The Morgan fingerprint density at radius 2 is 0.800 bits per heavy atom. The van der Waals surface area contributed by atoms with Crippen LogP contribution < -0.4 is 9.44 Å². The number of anilines is 2. The molecule has 0 radical (unpaired) electrons. The predicted octanol–water partition coefficient (Wildman–Crippen LogP) is 7.79. The van der Waals surface area contributed by atoms with E-state index in [0.717, 1.165) is 11.1 Å². The zero-order valence-electron chi connectivity index (χ0n) is 21.6. The molecule has 0 saturated carbocycles. The van der Waals surface area contributed by atoms with E-state index in [1.165, 1.54) is 58.0 Å². The molecular formula is C26H26F6N2O4S2. The molecule has 0 aromatic heterocycles. The summed E-state index contributed by atoms with van der Waals surface area (Å²) in [7, 11) is -11.2. The average Bonchev–Trinajstić information content (AvgIpc) is 2.82. The Bertz CT molecular complexity index is 1460. The summed E-state index contributed by atoms with van der Waals surface area (Å²) < 4.78 is 126. The van der Waals surface area contributed by atoms with Gasteiger partial charge in [-0.15, -0.1) is 0 Å². The van der Waals surface area contributed by atoms with E-state index < -0.39 is 31.1 Å². The summed E-state index contributed by atoms with van der Waals surface area (Å²) >= 11 is 0. The van der Waals surface area contributed by atoms with Crippen LogP contribution in [-0.2, 0) is 20.0 Å². The monoisotopic (exact) mass is 608 g/mol. The van der Waals surface area contributed by atoms with Crippen molar-refractivity contribution in [2.75, 3.05) is 9.44 Å². The fourth-order valence-electron chi connectivity index (χ4n) is 4.06. The van der Waals surface area contributed by atoms with E-state index >= 15 is 0 Å². The molecule has 0 heterocycles. The number of nitrogens with one attached hydrogen (secondary N) is 2. The summed E-state index contributed by atoms with van der Waals surface area (Å²) in [4.78, 5) is 0. The van der Waals surface area contributed by atoms with Gasteiger partial charge in [-0.25, -0.2) is 0 Å². The second kappa shape index (κ2) is 11.0. The third kappa shape index (κ3) is 6.54. The van der Waals surface area contributed by atoms with Gasteiger partial charge in [-0.3, -0.25) is 9.44 Å². The molecule has 0 saturated heterocycles. The Kier molecular flexibility index (Phi) is 8.57. The maximum Gasteiger partial charge on any atom is 0.516 e. The quantitative estimate of drug-likeness (QED) is 0.256. The molecule has 0 unspecified atom stereocenters. The van der Waals surface area contributed by atoms with Crippen LogP contribution in [0.4, 0.5) is 37.7 Å². The molecule has 3 aromatic rings. The minimum absolute atomic E-state index is 0.0313. The van der Waals surface area contributed by atoms with E-state index in [-0.39, 0.29) is 23.2 Å². The minimum atomic E-state index is -5.61. The molecule has 3 aromatic carbocycles. The number of sulfonamides is 2. The Morgan fingerprint density at radius 1 is 0.525 bits per heavy atom. The maximum absolute atomic E-state index is 12.8. The molecule has 14 heteroatoms. The van der Waals surface area contributed by atoms with Gasteiger partial charge in [-0.2, -0.15) is 43.2 Å². The number of rotatable bonds is 8. The fraction of sp³-hybridized carbons (Fsp3) is 0.308. The lowest BCUT2D eigenvalue weighted by atomic mass is 9.81. The lowest BCUT2D eigenvalue weighted by molar-refractivity contribution is -0.0435. The van der Waals surface area contributed by atoms with Gasteiger partial charge in [-0.05, 0) is 69.5 Å². The maximum atomic E-state index is 12.8. The van der Waals surface area contributed by atoms with Crippen LogP contribution >= 0.6 is 0 Å². The summed E-state index contributed by atoms with van der Waals surface area (Å²) in [5.41, 5.74) is -7.38. The summed E-state index contributed by atoms with van der Waals surface area (Å²) in [6.45, 7) is 7.72. The molecule has 0 fully saturated rings. The number of hydrogen-bond donors (Lipinski definition) is 2. The molecule has 0 aliphatic rings. The van der Waals surface area contributed by atoms with Gasteiger partial charge in [0.1, 0.15) is 0 Å². The minimum Gasteiger partial charge on any atom is -0.276 e. The van der Waals surface area contributed by atoms with Crippen LogP contribution in [0.5, 0.6) is 0 Å². The van der Waals surface area contributed by atoms with Gasteiger partial charge in [0.15, 0.2) is 0 Å². The number of benzene rings is 3. The molecule has 0 amide bonds. The number of alkyl halides is 6. The molecule has 2 N–H and O–H groups in total. The van der Waals surface area contributed by atoms with E-state index in [4.69, 9.17) is 0 Å². The highest BCUT2D eigenvalue weighted by atomic mass is 32.2. The number of halogens is 6. The second-order valence-electron chi connectivity index (χ2n) is 9.56. The topological polar surface area (TPSA) is 92.3 Å². The molecule has 0 aliphatic carbocycles. The van der Waals surface area contributed by atoms with Gasteiger partial charge in [0, 0.05) is 11.4 Å². The Morgan fingerprint density at radius 3 is 1.02 bits per heavy atom. The van der Waals surface area contributed by atoms with Gasteiger partial charge >= 0.3 is 31.1 Å².